The second-order valence-electron chi connectivity index (χ2n) is 8.97. The van der Waals surface area contributed by atoms with E-state index in [2.05, 4.69) is 70.7 Å². The molecule has 1 fully saturated rings. The quantitative estimate of drug-likeness (QED) is 0.677. The zero-order valence-corrected chi connectivity index (χ0v) is 16.4. The van der Waals surface area contributed by atoms with Crippen LogP contribution in [0.3, 0.4) is 0 Å². The number of rotatable bonds is 2. The molecule has 1 aromatic rings. The van der Waals surface area contributed by atoms with E-state index in [0.717, 1.165) is 13.0 Å². The van der Waals surface area contributed by atoms with Crippen LogP contribution in [0.15, 0.2) is 82.2 Å². The number of dihydropyridines is 1. The highest BCUT2D eigenvalue weighted by atomic mass is 15.2. The van der Waals surface area contributed by atoms with E-state index in [-0.39, 0.29) is 0 Å². The minimum Gasteiger partial charge on any atom is -0.341 e. The molecule has 0 saturated carbocycles. The highest BCUT2D eigenvalue weighted by Crippen LogP contribution is 2.55. The first-order valence-corrected chi connectivity index (χ1v) is 11.0. The highest BCUT2D eigenvalue weighted by molar-refractivity contribution is 5.74. The van der Waals surface area contributed by atoms with E-state index >= 15 is 0 Å². The zero-order valence-electron chi connectivity index (χ0n) is 16.4. The van der Waals surface area contributed by atoms with Gasteiger partial charge < -0.3 is 4.90 Å². The van der Waals surface area contributed by atoms with Crippen LogP contribution >= 0.6 is 0 Å². The molecular formula is C26H28N2. The first-order valence-electron chi connectivity index (χ1n) is 11.0. The largest absolute Gasteiger partial charge is 0.341 e. The molecule has 0 spiro atoms. The van der Waals surface area contributed by atoms with E-state index in [4.69, 9.17) is 0 Å². The number of hydrogen-bond donors (Lipinski definition) is 0. The van der Waals surface area contributed by atoms with Crippen molar-refractivity contribution < 1.29 is 0 Å². The maximum Gasteiger partial charge on any atom is 0.0585 e. The predicted octanol–water partition coefficient (Wildman–Crippen LogP) is 5.46. The van der Waals surface area contributed by atoms with E-state index in [1.165, 1.54) is 37.7 Å². The van der Waals surface area contributed by atoms with Crippen molar-refractivity contribution >= 4 is 6.21 Å². The van der Waals surface area contributed by atoms with Gasteiger partial charge in [-0.1, -0.05) is 48.6 Å². The molecule has 3 heterocycles. The molecule has 2 unspecified atom stereocenters. The summed E-state index contributed by atoms with van der Waals surface area (Å²) in [5.41, 5.74) is 8.01. The molecule has 0 aromatic heterocycles. The van der Waals surface area contributed by atoms with Gasteiger partial charge in [0.2, 0.25) is 0 Å². The van der Waals surface area contributed by atoms with Gasteiger partial charge in [-0.2, -0.15) is 0 Å². The maximum absolute atomic E-state index is 4.66. The van der Waals surface area contributed by atoms with Crippen LogP contribution in [-0.2, 0) is 6.42 Å². The third kappa shape index (κ3) is 2.50. The molecule has 0 amide bonds. The smallest absolute Gasteiger partial charge is 0.0585 e. The fourth-order valence-corrected chi connectivity index (χ4v) is 6.32. The molecule has 1 aromatic carbocycles. The van der Waals surface area contributed by atoms with Crippen LogP contribution in [0.1, 0.15) is 37.7 Å². The van der Waals surface area contributed by atoms with Gasteiger partial charge in [0, 0.05) is 36.0 Å². The van der Waals surface area contributed by atoms with E-state index in [1.807, 2.05) is 0 Å². The lowest BCUT2D eigenvalue weighted by molar-refractivity contribution is 0.318. The molecule has 1 saturated heterocycles. The minimum atomic E-state index is 0.540. The van der Waals surface area contributed by atoms with Crippen LogP contribution in [0.2, 0.25) is 0 Å². The molecule has 0 radical (unpaired) electrons. The highest BCUT2D eigenvalue weighted by Gasteiger charge is 2.49. The second-order valence-corrected chi connectivity index (χ2v) is 8.97. The molecule has 142 valence electrons. The number of hydrogen-bond acceptors (Lipinski definition) is 2. The van der Waals surface area contributed by atoms with Crippen molar-refractivity contribution in [3.05, 3.63) is 82.7 Å². The van der Waals surface area contributed by atoms with E-state index in [9.17, 15) is 0 Å². The molecule has 2 nitrogen and oxygen atoms in total. The summed E-state index contributed by atoms with van der Waals surface area (Å²) in [6, 6.07) is 11.6. The van der Waals surface area contributed by atoms with Gasteiger partial charge in [0.05, 0.1) is 6.04 Å². The van der Waals surface area contributed by atoms with Gasteiger partial charge in [0.15, 0.2) is 0 Å². The Morgan fingerprint density at radius 2 is 1.96 bits per heavy atom. The summed E-state index contributed by atoms with van der Waals surface area (Å²) in [4.78, 5) is 7.45. The van der Waals surface area contributed by atoms with Gasteiger partial charge in [-0.25, -0.2) is 0 Å². The van der Waals surface area contributed by atoms with Crippen molar-refractivity contribution in [3.63, 3.8) is 0 Å². The molecule has 2 heteroatoms. The van der Waals surface area contributed by atoms with Crippen LogP contribution in [0.25, 0.3) is 0 Å². The standard InChI is InChI=1S/C26H28N2/c1-2-6-18(7-3-1)16-20-11-13-22-23-17-27-15-14-25(23)28-24-9-5-4-8-19(24)10-12-21(20)26(22)28/h1-4,6-8,10,14-15,20,22-24H,5,9,11-13,16-17H2/t20?,22-,23-,24?/m1/s1. The Balaban J connectivity index is 1.46. The number of nitrogens with zero attached hydrogens (tertiary/aromatic N) is 2. The van der Waals surface area contributed by atoms with Gasteiger partial charge in [-0.3, -0.25) is 4.99 Å². The van der Waals surface area contributed by atoms with Crippen molar-refractivity contribution in [1.82, 2.24) is 4.90 Å². The minimum absolute atomic E-state index is 0.540. The van der Waals surface area contributed by atoms with Gasteiger partial charge in [0.1, 0.15) is 0 Å². The molecule has 3 aliphatic heterocycles. The summed E-state index contributed by atoms with van der Waals surface area (Å²) in [5.74, 6) is 1.97. The number of fused-ring (bicyclic) bond motifs is 5. The average Bonchev–Trinajstić information content (AvgIpc) is 2.97. The van der Waals surface area contributed by atoms with E-state index in [1.54, 1.807) is 22.5 Å². The fraction of sp³-hybridized carbons (Fsp3) is 0.423. The Kier molecular flexibility index (Phi) is 3.92. The third-order valence-corrected chi connectivity index (χ3v) is 7.55. The SMILES string of the molecule is C1=CC2=CCC3=C4[C@H](CCC3Cc3ccccc3)[C@H]3CN=CC=C3N4C2CC1. The van der Waals surface area contributed by atoms with Crippen LogP contribution in [0, 0.1) is 17.8 Å². The van der Waals surface area contributed by atoms with Crippen molar-refractivity contribution in [2.24, 2.45) is 22.7 Å². The summed E-state index contributed by atoms with van der Waals surface area (Å²) >= 11 is 0. The summed E-state index contributed by atoms with van der Waals surface area (Å²) in [6.07, 6.45) is 19.1. The molecule has 0 bridgehead atoms. The first kappa shape index (κ1) is 16.6. The lowest BCUT2D eigenvalue weighted by Crippen LogP contribution is -2.35. The summed E-state index contributed by atoms with van der Waals surface area (Å²) in [6.45, 7) is 0.981. The molecule has 28 heavy (non-hydrogen) atoms. The van der Waals surface area contributed by atoms with E-state index in [0.29, 0.717) is 23.8 Å². The predicted molar refractivity (Wildman–Crippen MR) is 115 cm³/mol. The van der Waals surface area contributed by atoms with E-state index < -0.39 is 0 Å². The molecular weight excluding hydrogens is 340 g/mol. The Morgan fingerprint density at radius 3 is 2.89 bits per heavy atom. The number of allylic oxidation sites excluding steroid dienone is 5. The van der Waals surface area contributed by atoms with Crippen LogP contribution < -0.4 is 0 Å². The lowest BCUT2D eigenvalue weighted by Gasteiger charge is -2.37. The Hall–Kier alpha value is -2.35. The van der Waals surface area contributed by atoms with Gasteiger partial charge in [0.25, 0.3) is 0 Å². The summed E-state index contributed by atoms with van der Waals surface area (Å²) in [7, 11) is 0. The van der Waals surface area contributed by atoms with Gasteiger partial charge >= 0.3 is 0 Å². The number of benzene rings is 1. The summed E-state index contributed by atoms with van der Waals surface area (Å²) in [5, 5.41) is 0. The molecule has 0 N–H and O–H groups in total. The zero-order chi connectivity index (χ0) is 18.5. The Bertz CT molecular complexity index is 930. The second kappa shape index (κ2) is 6.62. The molecule has 5 aliphatic rings. The van der Waals surface area contributed by atoms with Crippen molar-refractivity contribution in [2.75, 3.05) is 6.54 Å². The average molecular weight is 369 g/mol. The monoisotopic (exact) mass is 368 g/mol. The fourth-order valence-electron chi connectivity index (χ4n) is 6.32. The first-order chi connectivity index (χ1) is 13.9. The van der Waals surface area contributed by atoms with Gasteiger partial charge in [-0.15, -0.1) is 0 Å². The maximum atomic E-state index is 4.66. The lowest BCUT2D eigenvalue weighted by atomic mass is 9.73. The Labute approximate surface area is 168 Å². The number of aliphatic imine (C=N–C) groups is 1. The molecule has 2 aliphatic carbocycles. The van der Waals surface area contributed by atoms with Gasteiger partial charge in [-0.05, 0) is 67.2 Å². The van der Waals surface area contributed by atoms with Crippen LogP contribution in [0.4, 0.5) is 0 Å². The topological polar surface area (TPSA) is 15.6 Å². The van der Waals surface area contributed by atoms with Crippen molar-refractivity contribution in [3.8, 4) is 0 Å². The normalized spacial score (nSPS) is 32.9. The van der Waals surface area contributed by atoms with Crippen LogP contribution in [0.5, 0.6) is 0 Å². The van der Waals surface area contributed by atoms with Crippen molar-refractivity contribution in [1.29, 1.82) is 0 Å². The molecule has 6 rings (SSSR count). The summed E-state index contributed by atoms with van der Waals surface area (Å²) < 4.78 is 0. The third-order valence-electron chi connectivity index (χ3n) is 7.55. The van der Waals surface area contributed by atoms with Crippen molar-refractivity contribution in [2.45, 2.75) is 44.6 Å². The molecule has 4 atom stereocenters. The Morgan fingerprint density at radius 1 is 1.04 bits per heavy atom. The van der Waals surface area contributed by atoms with Crippen LogP contribution in [-0.4, -0.2) is 23.7 Å².